The molecule has 2 aliphatic rings. The van der Waals surface area contributed by atoms with Gasteiger partial charge in [-0.3, -0.25) is 4.79 Å². The molecule has 0 aliphatic carbocycles. The smallest absolute Gasteiger partial charge is 0.224 e. The van der Waals surface area contributed by atoms with Crippen LogP contribution >= 0.6 is 11.6 Å². The summed E-state index contributed by atoms with van der Waals surface area (Å²) in [5.74, 6) is 2.08. The summed E-state index contributed by atoms with van der Waals surface area (Å²) in [5.41, 5.74) is 1.61. The minimum atomic E-state index is -0.170. The standard InChI is InChI=1S/C24H29ClN4O3/c1-2-17(24(31)27-10-5-13-30)20-15-29(12-11-26-20)23-18-6-3-4-7-21(18)32-22-9-8-16(25)14-19(22)28-23/h3-4,6-9,14,17,20,26,30H,2,5,10-13,15H2,1H3,(H,27,31)/t17?,20-/m1/s1. The number of nitrogens with zero attached hydrogens (tertiary/aromatic N) is 2. The fourth-order valence-electron chi connectivity index (χ4n) is 4.25. The van der Waals surface area contributed by atoms with E-state index in [0.29, 0.717) is 36.0 Å². The van der Waals surface area contributed by atoms with Crippen molar-refractivity contribution >= 4 is 29.0 Å². The summed E-state index contributed by atoms with van der Waals surface area (Å²) in [6.45, 7) is 4.74. The quantitative estimate of drug-likeness (QED) is 0.580. The minimum absolute atomic E-state index is 0.0132. The lowest BCUT2D eigenvalue weighted by Crippen LogP contribution is -2.57. The molecule has 4 rings (SSSR count). The largest absolute Gasteiger partial charge is 0.454 e. The molecule has 170 valence electrons. The lowest BCUT2D eigenvalue weighted by atomic mass is 9.93. The van der Waals surface area contributed by atoms with E-state index in [9.17, 15) is 4.79 Å². The number of piperazine rings is 1. The fourth-order valence-corrected chi connectivity index (χ4v) is 4.42. The highest BCUT2D eigenvalue weighted by atomic mass is 35.5. The predicted molar refractivity (Wildman–Crippen MR) is 126 cm³/mol. The number of aliphatic imine (C=N–C) groups is 1. The summed E-state index contributed by atoms with van der Waals surface area (Å²) in [4.78, 5) is 20.0. The van der Waals surface area contributed by atoms with Crippen LogP contribution in [0.1, 0.15) is 25.3 Å². The van der Waals surface area contributed by atoms with Gasteiger partial charge in [0.25, 0.3) is 0 Å². The average Bonchev–Trinajstić information content (AvgIpc) is 2.96. The van der Waals surface area contributed by atoms with Crippen molar-refractivity contribution < 1.29 is 14.6 Å². The van der Waals surface area contributed by atoms with E-state index in [1.54, 1.807) is 6.07 Å². The second-order valence-corrected chi connectivity index (χ2v) is 8.47. The van der Waals surface area contributed by atoms with Crippen molar-refractivity contribution in [3.63, 3.8) is 0 Å². The number of aliphatic hydroxyl groups is 1. The highest BCUT2D eigenvalue weighted by molar-refractivity contribution is 6.31. The van der Waals surface area contributed by atoms with Crippen molar-refractivity contribution in [2.75, 3.05) is 32.8 Å². The molecule has 3 N–H and O–H groups in total. The van der Waals surface area contributed by atoms with E-state index in [0.717, 1.165) is 36.7 Å². The molecule has 0 spiro atoms. The van der Waals surface area contributed by atoms with Crippen LogP contribution in [0.3, 0.4) is 0 Å². The summed E-state index contributed by atoms with van der Waals surface area (Å²) >= 11 is 6.24. The number of aliphatic hydroxyl groups excluding tert-OH is 1. The molecule has 1 saturated heterocycles. The number of carbonyl (C=O) groups is 1. The molecule has 0 radical (unpaired) electrons. The number of benzene rings is 2. The zero-order chi connectivity index (χ0) is 22.5. The number of amidine groups is 1. The zero-order valence-electron chi connectivity index (χ0n) is 18.2. The van der Waals surface area contributed by atoms with Crippen LogP contribution in [-0.2, 0) is 4.79 Å². The summed E-state index contributed by atoms with van der Waals surface area (Å²) < 4.78 is 6.17. The number of hydrogen-bond donors (Lipinski definition) is 3. The van der Waals surface area contributed by atoms with Gasteiger partial charge in [0, 0.05) is 43.9 Å². The van der Waals surface area contributed by atoms with E-state index in [4.69, 9.17) is 26.4 Å². The van der Waals surface area contributed by atoms with Crippen molar-refractivity contribution in [3.05, 3.63) is 53.1 Å². The Morgan fingerprint density at radius 3 is 3.00 bits per heavy atom. The van der Waals surface area contributed by atoms with Crippen molar-refractivity contribution in [3.8, 4) is 11.5 Å². The molecular formula is C24H29ClN4O3. The van der Waals surface area contributed by atoms with Gasteiger partial charge in [0.05, 0.1) is 11.5 Å². The van der Waals surface area contributed by atoms with Crippen LogP contribution in [0.2, 0.25) is 5.02 Å². The first kappa shape index (κ1) is 22.6. The third-order valence-corrected chi connectivity index (χ3v) is 6.13. The Bertz CT molecular complexity index is 997. The molecule has 1 amide bonds. The Kier molecular flexibility index (Phi) is 7.29. The van der Waals surface area contributed by atoms with Crippen molar-refractivity contribution in [1.29, 1.82) is 0 Å². The van der Waals surface area contributed by atoms with Crippen LogP contribution in [0.15, 0.2) is 47.5 Å². The Morgan fingerprint density at radius 1 is 1.34 bits per heavy atom. The molecule has 0 aromatic heterocycles. The molecule has 0 saturated carbocycles. The maximum absolute atomic E-state index is 12.8. The lowest BCUT2D eigenvalue weighted by Gasteiger charge is -2.38. The molecule has 2 aliphatic heterocycles. The van der Waals surface area contributed by atoms with Crippen molar-refractivity contribution in [2.45, 2.75) is 25.8 Å². The summed E-state index contributed by atoms with van der Waals surface area (Å²) in [6.07, 6.45) is 1.28. The van der Waals surface area contributed by atoms with Crippen LogP contribution < -0.4 is 15.4 Å². The number of carbonyl (C=O) groups excluding carboxylic acids is 1. The van der Waals surface area contributed by atoms with Gasteiger partial charge in [-0.05, 0) is 43.2 Å². The summed E-state index contributed by atoms with van der Waals surface area (Å²) in [5, 5.41) is 16.1. The van der Waals surface area contributed by atoms with Crippen molar-refractivity contribution in [1.82, 2.24) is 15.5 Å². The lowest BCUT2D eigenvalue weighted by molar-refractivity contribution is -0.126. The van der Waals surface area contributed by atoms with Gasteiger partial charge in [-0.15, -0.1) is 0 Å². The highest BCUT2D eigenvalue weighted by Gasteiger charge is 2.33. The number of ether oxygens (including phenoxy) is 1. The van der Waals surface area contributed by atoms with Gasteiger partial charge >= 0.3 is 0 Å². The summed E-state index contributed by atoms with van der Waals surface area (Å²) in [6, 6.07) is 13.3. The molecule has 7 nitrogen and oxygen atoms in total. The minimum Gasteiger partial charge on any atom is -0.454 e. The molecule has 2 heterocycles. The monoisotopic (exact) mass is 456 g/mol. The van der Waals surface area contributed by atoms with Crippen molar-refractivity contribution in [2.24, 2.45) is 10.9 Å². The Labute approximate surface area is 193 Å². The molecule has 2 atom stereocenters. The number of halogens is 1. The Morgan fingerprint density at radius 2 is 2.19 bits per heavy atom. The topological polar surface area (TPSA) is 86.2 Å². The molecule has 1 unspecified atom stereocenters. The fraction of sp³-hybridized carbons (Fsp3) is 0.417. The van der Waals surface area contributed by atoms with Gasteiger partial charge in [0.2, 0.25) is 5.91 Å². The zero-order valence-corrected chi connectivity index (χ0v) is 18.9. The molecule has 32 heavy (non-hydrogen) atoms. The third-order valence-electron chi connectivity index (χ3n) is 5.90. The maximum Gasteiger partial charge on any atom is 0.224 e. The van der Waals surface area contributed by atoms with E-state index in [-0.39, 0.29) is 24.5 Å². The molecule has 0 bridgehead atoms. The van der Waals surface area contributed by atoms with Gasteiger partial charge in [0.15, 0.2) is 5.75 Å². The van der Waals surface area contributed by atoms with Crippen LogP contribution in [0.25, 0.3) is 0 Å². The second kappa shape index (κ2) is 10.3. The van der Waals surface area contributed by atoms with E-state index in [1.807, 2.05) is 43.3 Å². The molecule has 8 heteroatoms. The average molecular weight is 457 g/mol. The van der Waals surface area contributed by atoms with Gasteiger partial charge in [0.1, 0.15) is 17.3 Å². The number of fused-ring (bicyclic) bond motifs is 2. The summed E-state index contributed by atoms with van der Waals surface area (Å²) in [7, 11) is 0. The SMILES string of the molecule is CCC(C(=O)NCCCO)[C@H]1CN(C2=Nc3cc(Cl)ccc3Oc3ccccc32)CCN1. The molecule has 2 aromatic rings. The maximum atomic E-state index is 12.8. The highest BCUT2D eigenvalue weighted by Crippen LogP contribution is 2.39. The molecule has 2 aromatic carbocycles. The van der Waals surface area contributed by atoms with Crippen LogP contribution in [0.4, 0.5) is 5.69 Å². The van der Waals surface area contributed by atoms with Crippen LogP contribution in [0.5, 0.6) is 11.5 Å². The van der Waals surface area contributed by atoms with Gasteiger partial charge in [-0.25, -0.2) is 4.99 Å². The van der Waals surface area contributed by atoms with Gasteiger partial charge in [-0.2, -0.15) is 0 Å². The second-order valence-electron chi connectivity index (χ2n) is 8.04. The van der Waals surface area contributed by atoms with E-state index < -0.39 is 0 Å². The number of hydrogen-bond acceptors (Lipinski definition) is 6. The number of rotatable bonds is 6. The van der Waals surface area contributed by atoms with Crippen LogP contribution in [-0.4, -0.2) is 60.6 Å². The first-order valence-electron chi connectivity index (χ1n) is 11.1. The van der Waals surface area contributed by atoms with Crippen LogP contribution in [0, 0.1) is 5.92 Å². The van der Waals surface area contributed by atoms with Gasteiger partial charge < -0.3 is 25.4 Å². The first-order chi connectivity index (χ1) is 15.6. The van der Waals surface area contributed by atoms with Gasteiger partial charge in [-0.1, -0.05) is 30.7 Å². The first-order valence-corrected chi connectivity index (χ1v) is 11.5. The number of nitrogens with one attached hydrogen (secondary N) is 2. The number of amides is 1. The Hall–Kier alpha value is -2.61. The van der Waals surface area contributed by atoms with E-state index in [1.165, 1.54) is 0 Å². The molecular weight excluding hydrogens is 428 g/mol. The number of para-hydroxylation sites is 1. The van der Waals surface area contributed by atoms with E-state index in [2.05, 4.69) is 15.5 Å². The molecule has 1 fully saturated rings. The normalized spacial score (nSPS) is 18.5. The van der Waals surface area contributed by atoms with E-state index >= 15 is 0 Å². The third kappa shape index (κ3) is 4.90. The predicted octanol–water partition coefficient (Wildman–Crippen LogP) is 3.32. The Balaban J connectivity index is 1.62.